The van der Waals surface area contributed by atoms with Crippen LogP contribution in [0, 0.1) is 11.8 Å². The highest BCUT2D eigenvalue weighted by atomic mass is 35.5. The molecule has 0 radical (unpaired) electrons. The van der Waals surface area contributed by atoms with E-state index in [4.69, 9.17) is 16.3 Å². The molecule has 2 saturated heterocycles. The Hall–Kier alpha value is -3.63. The zero-order valence-electron chi connectivity index (χ0n) is 18.3. The van der Waals surface area contributed by atoms with Crippen molar-refractivity contribution in [2.45, 2.75) is 25.8 Å². The van der Waals surface area contributed by atoms with Crippen molar-refractivity contribution in [3.05, 3.63) is 59.1 Å². The normalized spacial score (nSPS) is 23.7. The summed E-state index contributed by atoms with van der Waals surface area (Å²) in [6.45, 7) is 1.97. The van der Waals surface area contributed by atoms with Gasteiger partial charge in [-0.3, -0.25) is 19.7 Å². The Labute approximate surface area is 200 Å². The van der Waals surface area contributed by atoms with Gasteiger partial charge >= 0.3 is 5.97 Å². The molecule has 11 heteroatoms. The van der Waals surface area contributed by atoms with Crippen LogP contribution in [0.2, 0.25) is 5.02 Å². The maximum atomic E-state index is 13.0. The summed E-state index contributed by atoms with van der Waals surface area (Å²) in [5.74, 6) is -3.34. The standard InChI is InChI=1S/C23H24ClN5O5/c1-2-34-22(33)12-6-8-14(9-7-12)25-20(31)16-11-17(30)27-19-18(16)21(32)29-23(28-19)26-15-5-3-4-13(24)10-15/h3-10,16,18-19,23,26,28H,2,11H2,1H3,(H,25,31)(H,27,30)(H,29,32). The van der Waals surface area contributed by atoms with E-state index < -0.39 is 36.2 Å². The van der Waals surface area contributed by atoms with Crippen LogP contribution in [0.5, 0.6) is 0 Å². The monoisotopic (exact) mass is 485 g/mol. The molecule has 2 aliphatic rings. The highest BCUT2D eigenvalue weighted by Crippen LogP contribution is 2.28. The molecule has 3 amide bonds. The van der Waals surface area contributed by atoms with Crippen LogP contribution >= 0.6 is 11.6 Å². The first-order valence-corrected chi connectivity index (χ1v) is 11.2. The number of ether oxygens (including phenoxy) is 1. The van der Waals surface area contributed by atoms with Crippen LogP contribution in [0.4, 0.5) is 11.4 Å². The van der Waals surface area contributed by atoms with Crippen molar-refractivity contribution >= 4 is 46.7 Å². The number of amides is 3. The molecular weight excluding hydrogens is 462 g/mol. The van der Waals surface area contributed by atoms with Gasteiger partial charge in [0.05, 0.1) is 30.2 Å². The summed E-state index contributed by atoms with van der Waals surface area (Å²) in [4.78, 5) is 50.1. The molecule has 178 valence electrons. The maximum absolute atomic E-state index is 13.0. The minimum Gasteiger partial charge on any atom is -0.462 e. The van der Waals surface area contributed by atoms with Crippen LogP contribution in [-0.4, -0.2) is 42.8 Å². The van der Waals surface area contributed by atoms with Gasteiger partial charge < -0.3 is 26.0 Å². The Kier molecular flexibility index (Phi) is 6.99. The Morgan fingerprint density at radius 3 is 2.56 bits per heavy atom. The van der Waals surface area contributed by atoms with Crippen molar-refractivity contribution in [1.29, 1.82) is 0 Å². The number of fused-ring (bicyclic) bond motifs is 1. The molecule has 0 spiro atoms. The predicted octanol–water partition coefficient (Wildman–Crippen LogP) is 1.65. The van der Waals surface area contributed by atoms with Crippen LogP contribution in [-0.2, 0) is 19.1 Å². The maximum Gasteiger partial charge on any atom is 0.338 e. The minimum absolute atomic E-state index is 0.130. The average Bonchev–Trinajstić information content (AvgIpc) is 2.79. The summed E-state index contributed by atoms with van der Waals surface area (Å²) in [6.07, 6.45) is -1.55. The van der Waals surface area contributed by atoms with E-state index in [1.165, 1.54) is 12.1 Å². The second-order valence-electron chi connectivity index (χ2n) is 7.93. The fourth-order valence-corrected chi connectivity index (χ4v) is 4.23. The molecule has 2 aromatic rings. The lowest BCUT2D eigenvalue weighted by molar-refractivity contribution is -0.144. The van der Waals surface area contributed by atoms with Crippen molar-refractivity contribution in [3.8, 4) is 0 Å². The number of nitrogens with one attached hydrogen (secondary N) is 5. The van der Waals surface area contributed by atoms with Gasteiger partial charge in [-0.15, -0.1) is 0 Å². The van der Waals surface area contributed by atoms with Gasteiger partial charge in [0.2, 0.25) is 17.7 Å². The Bertz CT molecular complexity index is 1110. The number of rotatable bonds is 6. The van der Waals surface area contributed by atoms with E-state index in [9.17, 15) is 19.2 Å². The van der Waals surface area contributed by atoms with Gasteiger partial charge in [0.15, 0.2) is 6.29 Å². The van der Waals surface area contributed by atoms with Gasteiger partial charge in [-0.25, -0.2) is 4.79 Å². The second kappa shape index (κ2) is 10.1. The zero-order valence-corrected chi connectivity index (χ0v) is 19.0. The summed E-state index contributed by atoms with van der Waals surface area (Å²) >= 11 is 6.01. The molecule has 0 bridgehead atoms. The number of esters is 1. The largest absolute Gasteiger partial charge is 0.462 e. The minimum atomic E-state index is -0.886. The first-order chi connectivity index (χ1) is 16.3. The summed E-state index contributed by atoms with van der Waals surface area (Å²) in [5.41, 5.74) is 1.46. The first kappa shape index (κ1) is 23.5. The number of halogens is 1. The molecule has 2 fully saturated rings. The fourth-order valence-electron chi connectivity index (χ4n) is 4.04. The SMILES string of the molecule is CCOC(=O)c1ccc(NC(=O)C2CC(=O)NC3NC(Nc4cccc(Cl)c4)NC(=O)C32)cc1. The number of carbonyl (C=O) groups excluding carboxylic acids is 4. The van der Waals surface area contributed by atoms with E-state index in [1.807, 2.05) is 0 Å². The molecule has 0 aliphatic carbocycles. The van der Waals surface area contributed by atoms with Gasteiger partial charge in [0.25, 0.3) is 0 Å². The van der Waals surface area contributed by atoms with Crippen LogP contribution in [0.15, 0.2) is 48.5 Å². The second-order valence-corrected chi connectivity index (χ2v) is 8.37. The van der Waals surface area contributed by atoms with Gasteiger partial charge in [-0.2, -0.15) is 0 Å². The molecule has 10 nitrogen and oxygen atoms in total. The molecular formula is C23H24ClN5O5. The molecule has 2 heterocycles. The summed E-state index contributed by atoms with van der Waals surface area (Å²) < 4.78 is 4.94. The lowest BCUT2D eigenvalue weighted by Gasteiger charge is -2.43. The molecule has 4 rings (SSSR count). The van der Waals surface area contributed by atoms with Crippen molar-refractivity contribution < 1.29 is 23.9 Å². The molecule has 34 heavy (non-hydrogen) atoms. The highest BCUT2D eigenvalue weighted by Gasteiger charge is 2.48. The fraction of sp³-hybridized carbons (Fsp3) is 0.304. The van der Waals surface area contributed by atoms with Gasteiger partial charge in [0.1, 0.15) is 0 Å². The lowest BCUT2D eigenvalue weighted by atomic mass is 9.81. The van der Waals surface area contributed by atoms with Crippen molar-refractivity contribution in [2.75, 3.05) is 17.2 Å². The van der Waals surface area contributed by atoms with Crippen LogP contribution < -0.4 is 26.6 Å². The van der Waals surface area contributed by atoms with E-state index in [0.29, 0.717) is 22.0 Å². The molecule has 2 aliphatic heterocycles. The van der Waals surface area contributed by atoms with Crippen molar-refractivity contribution in [2.24, 2.45) is 11.8 Å². The lowest BCUT2D eigenvalue weighted by Crippen LogP contribution is -2.72. The molecule has 0 saturated carbocycles. The van der Waals surface area contributed by atoms with E-state index >= 15 is 0 Å². The summed E-state index contributed by atoms with van der Waals surface area (Å²) in [5, 5.41) is 15.0. The highest BCUT2D eigenvalue weighted by molar-refractivity contribution is 6.30. The molecule has 2 aromatic carbocycles. The Morgan fingerprint density at radius 2 is 1.85 bits per heavy atom. The van der Waals surface area contributed by atoms with Gasteiger partial charge in [-0.1, -0.05) is 17.7 Å². The van der Waals surface area contributed by atoms with Crippen LogP contribution in [0.1, 0.15) is 23.7 Å². The number of hydrogen-bond acceptors (Lipinski definition) is 7. The number of benzene rings is 2. The zero-order chi connectivity index (χ0) is 24.2. The third kappa shape index (κ3) is 5.29. The third-order valence-electron chi connectivity index (χ3n) is 5.59. The summed E-state index contributed by atoms with van der Waals surface area (Å²) in [7, 11) is 0. The molecule has 5 N–H and O–H groups in total. The number of piperidine rings is 1. The summed E-state index contributed by atoms with van der Waals surface area (Å²) in [6, 6.07) is 13.2. The first-order valence-electron chi connectivity index (χ1n) is 10.8. The Morgan fingerprint density at radius 1 is 1.09 bits per heavy atom. The quantitative estimate of drug-likeness (QED) is 0.392. The average molecular weight is 486 g/mol. The molecule has 0 aromatic heterocycles. The van der Waals surface area contributed by atoms with E-state index in [-0.39, 0.29) is 24.8 Å². The third-order valence-corrected chi connectivity index (χ3v) is 5.82. The van der Waals surface area contributed by atoms with Crippen LogP contribution in [0.25, 0.3) is 0 Å². The van der Waals surface area contributed by atoms with Crippen LogP contribution in [0.3, 0.4) is 0 Å². The number of hydrogen-bond donors (Lipinski definition) is 5. The van der Waals surface area contributed by atoms with E-state index in [0.717, 1.165) is 0 Å². The predicted molar refractivity (Wildman–Crippen MR) is 125 cm³/mol. The smallest absolute Gasteiger partial charge is 0.338 e. The van der Waals surface area contributed by atoms with Crippen molar-refractivity contribution in [1.82, 2.24) is 16.0 Å². The topological polar surface area (TPSA) is 138 Å². The molecule has 4 unspecified atom stereocenters. The number of carbonyl (C=O) groups is 4. The Balaban J connectivity index is 1.44. The number of anilines is 2. The van der Waals surface area contributed by atoms with E-state index in [2.05, 4.69) is 26.6 Å². The van der Waals surface area contributed by atoms with Crippen molar-refractivity contribution in [3.63, 3.8) is 0 Å². The van der Waals surface area contributed by atoms with E-state index in [1.54, 1.807) is 43.3 Å². The van der Waals surface area contributed by atoms with Gasteiger partial charge in [0, 0.05) is 22.8 Å². The molecule has 4 atom stereocenters. The van der Waals surface area contributed by atoms with Gasteiger partial charge in [-0.05, 0) is 49.4 Å².